The molecule has 1 aliphatic carbocycles. The monoisotopic (exact) mass is 353 g/mol. The van der Waals surface area contributed by atoms with Gasteiger partial charge in [0.1, 0.15) is 0 Å². The van der Waals surface area contributed by atoms with Crippen molar-refractivity contribution < 1.29 is 0 Å². The SMILES string of the molecule is CCCCCCCC1(C#N)CCC(c2ccc(CCCCC)cc2)CC1. The topological polar surface area (TPSA) is 23.8 Å². The largest absolute Gasteiger partial charge is 0.198 e. The van der Waals surface area contributed by atoms with Crippen LogP contribution in [0.15, 0.2) is 24.3 Å². The fourth-order valence-corrected chi connectivity index (χ4v) is 4.52. The standard InChI is InChI=1S/C25H39N/c1-3-5-7-8-10-18-25(21-26)19-16-24(17-20-25)23-14-12-22(13-15-23)11-9-6-4-2/h12-15,24H,3-11,16-20H2,1-2H3. The van der Waals surface area contributed by atoms with Crippen LogP contribution in [-0.4, -0.2) is 0 Å². The normalized spacial score (nSPS) is 22.9. The fraction of sp³-hybridized carbons (Fsp3) is 0.720. The quantitative estimate of drug-likeness (QED) is 0.370. The molecular formula is C25H39N. The summed E-state index contributed by atoms with van der Waals surface area (Å²) >= 11 is 0. The summed E-state index contributed by atoms with van der Waals surface area (Å²) < 4.78 is 0. The second-order valence-electron chi connectivity index (χ2n) is 8.53. The Kier molecular flexibility index (Phi) is 9.24. The lowest BCUT2D eigenvalue weighted by Crippen LogP contribution is -2.25. The third-order valence-electron chi connectivity index (χ3n) is 6.46. The average molecular weight is 354 g/mol. The maximum atomic E-state index is 9.79. The Bertz CT molecular complexity index is 528. The van der Waals surface area contributed by atoms with E-state index in [4.69, 9.17) is 0 Å². The summed E-state index contributed by atoms with van der Waals surface area (Å²) in [4.78, 5) is 0. The van der Waals surface area contributed by atoms with Crippen LogP contribution < -0.4 is 0 Å². The van der Waals surface area contributed by atoms with E-state index in [9.17, 15) is 5.26 Å². The van der Waals surface area contributed by atoms with E-state index in [2.05, 4.69) is 44.2 Å². The Balaban J connectivity index is 1.79. The Morgan fingerprint density at radius 2 is 1.50 bits per heavy atom. The van der Waals surface area contributed by atoms with Crippen LogP contribution >= 0.6 is 0 Å². The van der Waals surface area contributed by atoms with Crippen LogP contribution in [0.2, 0.25) is 0 Å². The van der Waals surface area contributed by atoms with Crippen LogP contribution in [0, 0.1) is 16.7 Å². The number of rotatable bonds is 11. The number of nitriles is 1. The minimum Gasteiger partial charge on any atom is -0.198 e. The van der Waals surface area contributed by atoms with Gasteiger partial charge in [-0.05, 0) is 62.0 Å². The highest BCUT2D eigenvalue weighted by atomic mass is 14.4. The number of hydrogen-bond donors (Lipinski definition) is 0. The summed E-state index contributed by atoms with van der Waals surface area (Å²) in [5.41, 5.74) is 2.96. The highest BCUT2D eigenvalue weighted by Crippen LogP contribution is 2.45. The van der Waals surface area contributed by atoms with Crippen molar-refractivity contribution in [1.82, 2.24) is 0 Å². The average Bonchev–Trinajstić information content (AvgIpc) is 2.69. The summed E-state index contributed by atoms with van der Waals surface area (Å²) in [5, 5.41) is 9.79. The van der Waals surface area contributed by atoms with E-state index >= 15 is 0 Å². The zero-order valence-corrected chi connectivity index (χ0v) is 17.2. The van der Waals surface area contributed by atoms with E-state index in [-0.39, 0.29) is 5.41 Å². The molecule has 0 amide bonds. The number of hydrogen-bond acceptors (Lipinski definition) is 1. The van der Waals surface area contributed by atoms with E-state index in [0.29, 0.717) is 5.92 Å². The molecule has 144 valence electrons. The third-order valence-corrected chi connectivity index (χ3v) is 6.46. The predicted molar refractivity (Wildman–Crippen MR) is 112 cm³/mol. The Morgan fingerprint density at radius 1 is 0.885 bits per heavy atom. The molecule has 1 fully saturated rings. The molecule has 0 radical (unpaired) electrons. The van der Waals surface area contributed by atoms with Gasteiger partial charge in [-0.15, -0.1) is 0 Å². The lowest BCUT2D eigenvalue weighted by Gasteiger charge is -2.35. The lowest BCUT2D eigenvalue weighted by atomic mass is 9.67. The maximum Gasteiger partial charge on any atom is 0.0689 e. The molecule has 0 heterocycles. The molecule has 1 saturated carbocycles. The first kappa shape index (κ1) is 21.0. The van der Waals surface area contributed by atoms with Crippen molar-refractivity contribution in [2.45, 2.75) is 110 Å². The first-order valence-electron chi connectivity index (χ1n) is 11.2. The lowest BCUT2D eigenvalue weighted by molar-refractivity contribution is 0.223. The summed E-state index contributed by atoms with van der Waals surface area (Å²) in [6.45, 7) is 4.52. The molecule has 1 nitrogen and oxygen atoms in total. The van der Waals surface area contributed by atoms with Crippen LogP contribution in [0.4, 0.5) is 0 Å². The first-order valence-corrected chi connectivity index (χ1v) is 11.2. The van der Waals surface area contributed by atoms with Gasteiger partial charge < -0.3 is 0 Å². The van der Waals surface area contributed by atoms with Crippen molar-refractivity contribution >= 4 is 0 Å². The minimum absolute atomic E-state index is 0.0250. The van der Waals surface area contributed by atoms with Gasteiger partial charge in [0.05, 0.1) is 11.5 Å². The summed E-state index contributed by atoms with van der Waals surface area (Å²) in [5.74, 6) is 0.668. The van der Waals surface area contributed by atoms with Gasteiger partial charge in [-0.2, -0.15) is 5.26 Å². The molecule has 1 aromatic rings. The molecule has 1 aliphatic rings. The van der Waals surface area contributed by atoms with E-state index in [1.165, 1.54) is 81.8 Å². The zero-order chi connectivity index (χ0) is 18.7. The molecule has 1 aromatic carbocycles. The molecular weight excluding hydrogens is 314 g/mol. The molecule has 1 heteroatoms. The van der Waals surface area contributed by atoms with Gasteiger partial charge in [0, 0.05) is 0 Å². The van der Waals surface area contributed by atoms with E-state index in [1.54, 1.807) is 0 Å². The van der Waals surface area contributed by atoms with E-state index in [1.807, 2.05) is 0 Å². The molecule has 0 N–H and O–H groups in total. The van der Waals surface area contributed by atoms with Crippen LogP contribution in [0.25, 0.3) is 0 Å². The van der Waals surface area contributed by atoms with Gasteiger partial charge >= 0.3 is 0 Å². The van der Waals surface area contributed by atoms with E-state index < -0.39 is 0 Å². The molecule has 0 atom stereocenters. The van der Waals surface area contributed by atoms with Gasteiger partial charge in [0.25, 0.3) is 0 Å². The Labute approximate surface area is 162 Å². The fourth-order valence-electron chi connectivity index (χ4n) is 4.52. The van der Waals surface area contributed by atoms with Crippen molar-refractivity contribution in [3.8, 4) is 6.07 Å². The highest BCUT2D eigenvalue weighted by molar-refractivity contribution is 5.26. The van der Waals surface area contributed by atoms with Gasteiger partial charge in [-0.1, -0.05) is 83.1 Å². The zero-order valence-electron chi connectivity index (χ0n) is 17.2. The molecule has 2 rings (SSSR count). The molecule has 0 spiro atoms. The number of benzene rings is 1. The van der Waals surface area contributed by atoms with Crippen molar-refractivity contribution in [2.24, 2.45) is 5.41 Å². The smallest absolute Gasteiger partial charge is 0.0689 e. The first-order chi connectivity index (χ1) is 12.7. The Hall–Kier alpha value is -1.29. The molecule has 0 bridgehead atoms. The molecule has 0 unspecified atom stereocenters. The molecule has 0 saturated heterocycles. The van der Waals surface area contributed by atoms with Crippen LogP contribution in [0.3, 0.4) is 0 Å². The molecule has 0 aliphatic heterocycles. The summed E-state index contributed by atoms with van der Waals surface area (Å²) in [7, 11) is 0. The van der Waals surface area contributed by atoms with Crippen molar-refractivity contribution in [2.75, 3.05) is 0 Å². The third kappa shape index (κ3) is 6.46. The molecule has 26 heavy (non-hydrogen) atoms. The van der Waals surface area contributed by atoms with Crippen molar-refractivity contribution in [3.63, 3.8) is 0 Å². The highest BCUT2D eigenvalue weighted by Gasteiger charge is 2.35. The van der Waals surface area contributed by atoms with Crippen molar-refractivity contribution in [3.05, 3.63) is 35.4 Å². The summed E-state index contributed by atoms with van der Waals surface area (Å²) in [6.07, 6.45) is 17.4. The predicted octanol–water partition coefficient (Wildman–Crippen LogP) is 7.95. The minimum atomic E-state index is -0.0250. The number of nitrogens with zero attached hydrogens (tertiary/aromatic N) is 1. The second-order valence-corrected chi connectivity index (χ2v) is 8.53. The van der Waals surface area contributed by atoms with Crippen LogP contribution in [-0.2, 0) is 6.42 Å². The van der Waals surface area contributed by atoms with Gasteiger partial charge in [0.2, 0.25) is 0 Å². The van der Waals surface area contributed by atoms with E-state index in [0.717, 1.165) is 19.3 Å². The second kappa shape index (κ2) is 11.4. The molecule has 0 aromatic heterocycles. The van der Waals surface area contributed by atoms with Gasteiger partial charge in [0.15, 0.2) is 0 Å². The van der Waals surface area contributed by atoms with Crippen molar-refractivity contribution in [1.29, 1.82) is 5.26 Å². The van der Waals surface area contributed by atoms with Gasteiger partial charge in [-0.3, -0.25) is 0 Å². The Morgan fingerprint density at radius 3 is 2.12 bits per heavy atom. The number of aryl methyl sites for hydroxylation is 1. The van der Waals surface area contributed by atoms with Gasteiger partial charge in [-0.25, -0.2) is 0 Å². The van der Waals surface area contributed by atoms with Crippen LogP contribution in [0.1, 0.15) is 114 Å². The number of unbranched alkanes of at least 4 members (excludes halogenated alkanes) is 6. The summed E-state index contributed by atoms with van der Waals surface area (Å²) in [6, 6.07) is 12.1. The maximum absolute atomic E-state index is 9.79. The van der Waals surface area contributed by atoms with Crippen LogP contribution in [0.5, 0.6) is 0 Å².